The monoisotopic (exact) mass is 601 g/mol. The standard InChI is InChI=1S/C28H24ClF4N7O2/c29-16-2-5-22-36-24(37-40(22)9-16)15-1-4-18(23(30)31)19(7-15)35-25(41)20-8-34-21-6-3-17(10-39(20)21)38-13-27(14-38)11-28(42,12-27)26(32)33/h1-8,10,16,23,26,42H,9,11-14H2,(H,35,41). The molecule has 0 bridgehead atoms. The molecule has 0 radical (unpaired) electrons. The second kappa shape index (κ2) is 9.53. The Balaban J connectivity index is 1.13. The van der Waals surface area contributed by atoms with Gasteiger partial charge in [-0.25, -0.2) is 32.2 Å². The highest BCUT2D eigenvalue weighted by Gasteiger charge is 2.63. The van der Waals surface area contributed by atoms with Crippen LogP contribution in [0.4, 0.5) is 28.9 Å². The van der Waals surface area contributed by atoms with Crippen molar-refractivity contribution in [2.75, 3.05) is 23.3 Å². The molecule has 7 rings (SSSR count). The molecule has 3 aliphatic rings. The van der Waals surface area contributed by atoms with E-state index < -0.39 is 24.4 Å². The van der Waals surface area contributed by atoms with Crippen LogP contribution in [0.3, 0.4) is 0 Å². The third-order valence-corrected chi connectivity index (χ3v) is 8.49. The van der Waals surface area contributed by atoms with E-state index in [1.165, 1.54) is 24.4 Å². The van der Waals surface area contributed by atoms with E-state index in [0.717, 1.165) is 5.69 Å². The maximum atomic E-state index is 13.9. The van der Waals surface area contributed by atoms with E-state index in [1.54, 1.807) is 33.5 Å². The van der Waals surface area contributed by atoms with Gasteiger partial charge in [0.2, 0.25) is 0 Å². The first kappa shape index (κ1) is 26.9. The Kier molecular flexibility index (Phi) is 6.10. The molecule has 1 saturated heterocycles. The number of rotatable bonds is 6. The van der Waals surface area contributed by atoms with Gasteiger partial charge in [0.1, 0.15) is 16.9 Å². The number of amides is 1. The molecule has 1 aromatic carbocycles. The van der Waals surface area contributed by atoms with Gasteiger partial charge in [0.05, 0.1) is 29.5 Å². The lowest BCUT2D eigenvalue weighted by Gasteiger charge is -2.62. The van der Waals surface area contributed by atoms with Crippen LogP contribution in [-0.4, -0.2) is 65.7 Å². The van der Waals surface area contributed by atoms with Crippen molar-refractivity contribution >= 4 is 40.6 Å². The summed E-state index contributed by atoms with van der Waals surface area (Å²) in [5.74, 6) is 0.244. The highest BCUT2D eigenvalue weighted by Crippen LogP contribution is 2.56. The molecule has 1 saturated carbocycles. The topological polar surface area (TPSA) is 101 Å². The van der Waals surface area contributed by atoms with Gasteiger partial charge in [-0.15, -0.1) is 11.6 Å². The average molecular weight is 602 g/mol. The van der Waals surface area contributed by atoms with Crippen LogP contribution in [0.2, 0.25) is 0 Å². The molecule has 2 N–H and O–H groups in total. The Morgan fingerprint density at radius 1 is 1.14 bits per heavy atom. The van der Waals surface area contributed by atoms with Crippen molar-refractivity contribution in [3.63, 3.8) is 0 Å². The number of hydrogen-bond donors (Lipinski definition) is 2. The lowest BCUT2D eigenvalue weighted by molar-refractivity contribution is -0.209. The number of nitrogens with zero attached hydrogens (tertiary/aromatic N) is 6. The Hall–Kier alpha value is -3.97. The van der Waals surface area contributed by atoms with E-state index in [9.17, 15) is 27.5 Å². The molecule has 1 unspecified atom stereocenters. The van der Waals surface area contributed by atoms with Crippen LogP contribution in [0.5, 0.6) is 0 Å². The number of pyridine rings is 1. The Labute approximate surface area is 241 Å². The smallest absolute Gasteiger partial charge is 0.274 e. The van der Waals surface area contributed by atoms with Gasteiger partial charge in [-0.05, 0) is 37.1 Å². The van der Waals surface area contributed by atoms with Gasteiger partial charge >= 0.3 is 0 Å². The highest BCUT2D eigenvalue weighted by molar-refractivity contribution is 6.22. The van der Waals surface area contributed by atoms with Gasteiger partial charge in [0, 0.05) is 35.8 Å². The van der Waals surface area contributed by atoms with Gasteiger partial charge in [-0.2, -0.15) is 5.10 Å². The quantitative estimate of drug-likeness (QED) is 0.238. The molecular formula is C28H24ClF4N7O2. The van der Waals surface area contributed by atoms with E-state index in [-0.39, 0.29) is 40.6 Å². The number of nitrogens with one attached hydrogen (secondary N) is 1. The maximum Gasteiger partial charge on any atom is 0.274 e. The fraction of sp³-hybridized carbons (Fsp3) is 0.357. The molecule has 2 fully saturated rings. The number of fused-ring (bicyclic) bond motifs is 2. The van der Waals surface area contributed by atoms with E-state index in [2.05, 4.69) is 20.4 Å². The summed E-state index contributed by atoms with van der Waals surface area (Å²) in [6.07, 6.45) is 1.05. The normalized spacial score (nSPS) is 20.2. The van der Waals surface area contributed by atoms with Gasteiger partial charge in [0.25, 0.3) is 18.8 Å². The van der Waals surface area contributed by atoms with Crippen LogP contribution in [0.15, 0.2) is 48.8 Å². The zero-order valence-electron chi connectivity index (χ0n) is 21.9. The number of anilines is 2. The molecule has 1 amide bonds. The summed E-state index contributed by atoms with van der Waals surface area (Å²) in [6.45, 7) is 1.42. The van der Waals surface area contributed by atoms with Gasteiger partial charge in [-0.1, -0.05) is 18.2 Å². The lowest BCUT2D eigenvalue weighted by Crippen LogP contribution is -2.70. The minimum Gasteiger partial charge on any atom is -0.384 e. The summed E-state index contributed by atoms with van der Waals surface area (Å²) < 4.78 is 57.2. The predicted octanol–water partition coefficient (Wildman–Crippen LogP) is 5.01. The third kappa shape index (κ3) is 4.42. The summed E-state index contributed by atoms with van der Waals surface area (Å²) >= 11 is 6.16. The molecule has 4 aromatic rings. The minimum absolute atomic E-state index is 0.0433. The molecule has 1 atom stereocenters. The third-order valence-electron chi connectivity index (χ3n) is 8.21. The SMILES string of the molecule is O=C(Nc1cc(-c2nc3n(n2)CC(Cl)C=C3)ccc1C(F)F)c1cnc2ccc(N3CC4(C3)CC(O)(C(F)F)C4)cn12. The Morgan fingerprint density at radius 3 is 2.67 bits per heavy atom. The molecule has 5 heterocycles. The highest BCUT2D eigenvalue weighted by atomic mass is 35.5. The summed E-state index contributed by atoms with van der Waals surface area (Å²) in [5.41, 5.74) is -0.938. The minimum atomic E-state index is -2.85. The van der Waals surface area contributed by atoms with Crippen LogP contribution in [0, 0.1) is 5.41 Å². The molecule has 42 heavy (non-hydrogen) atoms. The number of imidazole rings is 1. The van der Waals surface area contributed by atoms with Gasteiger partial charge < -0.3 is 15.3 Å². The number of benzene rings is 1. The van der Waals surface area contributed by atoms with Crippen molar-refractivity contribution in [1.29, 1.82) is 0 Å². The van der Waals surface area contributed by atoms with Gasteiger partial charge in [-0.3, -0.25) is 9.20 Å². The molecule has 1 spiro atoms. The second-order valence-electron chi connectivity index (χ2n) is 11.3. The van der Waals surface area contributed by atoms with Crippen molar-refractivity contribution in [3.8, 4) is 11.4 Å². The van der Waals surface area contributed by atoms with Crippen LogP contribution in [0.25, 0.3) is 23.1 Å². The first-order valence-electron chi connectivity index (χ1n) is 13.3. The fourth-order valence-corrected chi connectivity index (χ4v) is 6.43. The number of hydrogen-bond acceptors (Lipinski definition) is 6. The molecule has 9 nitrogen and oxygen atoms in total. The molecule has 3 aromatic heterocycles. The van der Waals surface area contributed by atoms with Crippen LogP contribution < -0.4 is 10.2 Å². The molecule has 2 aliphatic heterocycles. The summed E-state index contributed by atoms with van der Waals surface area (Å²) in [5, 5.41) is 16.8. The summed E-state index contributed by atoms with van der Waals surface area (Å²) in [6, 6.07) is 7.65. The average Bonchev–Trinajstić information content (AvgIpc) is 3.53. The van der Waals surface area contributed by atoms with Crippen molar-refractivity contribution in [2.24, 2.45) is 5.41 Å². The van der Waals surface area contributed by atoms with Crippen molar-refractivity contribution in [1.82, 2.24) is 24.1 Å². The number of halogens is 5. The number of alkyl halides is 5. The van der Waals surface area contributed by atoms with Crippen LogP contribution in [0.1, 0.15) is 41.1 Å². The van der Waals surface area contributed by atoms with E-state index in [0.29, 0.717) is 42.5 Å². The van der Waals surface area contributed by atoms with Crippen molar-refractivity contribution in [2.45, 2.75) is 43.2 Å². The Bertz CT molecular complexity index is 1740. The number of aliphatic hydroxyl groups is 1. The second-order valence-corrected chi connectivity index (χ2v) is 11.8. The van der Waals surface area contributed by atoms with Gasteiger partial charge in [0.15, 0.2) is 11.6 Å². The van der Waals surface area contributed by atoms with Crippen LogP contribution >= 0.6 is 11.6 Å². The van der Waals surface area contributed by atoms with E-state index >= 15 is 0 Å². The molecule has 1 aliphatic carbocycles. The number of allylic oxidation sites excluding steroid dienone is 1. The van der Waals surface area contributed by atoms with E-state index in [1.807, 2.05) is 11.0 Å². The first-order valence-corrected chi connectivity index (χ1v) is 13.7. The Morgan fingerprint density at radius 2 is 1.93 bits per heavy atom. The zero-order valence-corrected chi connectivity index (χ0v) is 22.6. The molecular weight excluding hydrogens is 578 g/mol. The predicted molar refractivity (Wildman–Crippen MR) is 147 cm³/mol. The fourth-order valence-electron chi connectivity index (χ4n) is 6.23. The summed E-state index contributed by atoms with van der Waals surface area (Å²) in [4.78, 5) is 24.1. The summed E-state index contributed by atoms with van der Waals surface area (Å²) in [7, 11) is 0. The van der Waals surface area contributed by atoms with Crippen molar-refractivity contribution in [3.05, 3.63) is 65.9 Å². The molecule has 218 valence electrons. The lowest BCUT2D eigenvalue weighted by atomic mass is 9.55. The van der Waals surface area contributed by atoms with Crippen LogP contribution in [-0.2, 0) is 6.54 Å². The molecule has 14 heteroatoms. The first-order chi connectivity index (χ1) is 20.0. The number of aromatic nitrogens is 5. The zero-order chi connectivity index (χ0) is 29.4. The largest absolute Gasteiger partial charge is 0.384 e. The number of carbonyl (C=O) groups is 1. The van der Waals surface area contributed by atoms with E-state index in [4.69, 9.17) is 11.6 Å². The number of carbonyl (C=O) groups excluding carboxylic acids is 1. The van der Waals surface area contributed by atoms with Crippen molar-refractivity contribution < 1.29 is 27.5 Å². The maximum absolute atomic E-state index is 13.9.